The van der Waals surface area contributed by atoms with Crippen LogP contribution in [-0.4, -0.2) is 57.5 Å². The lowest BCUT2D eigenvalue weighted by Crippen LogP contribution is -2.37. The molecule has 3 rings (SSSR count). The van der Waals surface area contributed by atoms with Gasteiger partial charge in [0.15, 0.2) is 5.96 Å². The maximum absolute atomic E-state index is 13.8. The normalized spacial score (nSPS) is 11.6. The summed E-state index contributed by atoms with van der Waals surface area (Å²) in [7, 11) is 0. The van der Waals surface area contributed by atoms with Gasteiger partial charge < -0.3 is 37.5 Å². The Labute approximate surface area is 239 Å². The first-order valence-electron chi connectivity index (χ1n) is 13.5. The fraction of sp³-hybridized carbons (Fsp3) is 0.345. The van der Waals surface area contributed by atoms with Crippen LogP contribution in [0.25, 0.3) is 22.5 Å². The molecular formula is C29H38N8O4. The molecule has 0 radical (unpaired) electrons. The van der Waals surface area contributed by atoms with Gasteiger partial charge in [0.25, 0.3) is 5.91 Å². The van der Waals surface area contributed by atoms with Crippen LogP contribution in [0.3, 0.4) is 0 Å². The summed E-state index contributed by atoms with van der Waals surface area (Å²) in [6.07, 6.45) is 2.60. The number of aliphatic carboxylic acids is 1. The van der Waals surface area contributed by atoms with Gasteiger partial charge in [-0.05, 0) is 50.8 Å². The zero-order valence-corrected chi connectivity index (χ0v) is 23.3. The molecule has 0 saturated heterocycles. The van der Waals surface area contributed by atoms with E-state index in [0.29, 0.717) is 42.9 Å². The molecule has 12 heteroatoms. The summed E-state index contributed by atoms with van der Waals surface area (Å²) >= 11 is 0. The molecule has 0 bridgehead atoms. The second-order valence-corrected chi connectivity index (χ2v) is 9.79. The van der Waals surface area contributed by atoms with Gasteiger partial charge in [-0.25, -0.2) is 0 Å². The van der Waals surface area contributed by atoms with Crippen LogP contribution in [0.1, 0.15) is 56.1 Å². The average Bonchev–Trinajstić information content (AvgIpc) is 3.29. The molecule has 2 heterocycles. The molecule has 218 valence electrons. The number of hydrogen-bond acceptors (Lipinski definition) is 6. The van der Waals surface area contributed by atoms with Crippen molar-refractivity contribution in [2.45, 2.75) is 51.6 Å². The Morgan fingerprint density at radius 2 is 1.76 bits per heavy atom. The largest absolute Gasteiger partial charge is 0.481 e. The Balaban J connectivity index is 2.15. The van der Waals surface area contributed by atoms with Crippen LogP contribution in [0, 0.1) is 0 Å². The summed E-state index contributed by atoms with van der Waals surface area (Å²) in [4.78, 5) is 46.7. The molecule has 41 heavy (non-hydrogen) atoms. The van der Waals surface area contributed by atoms with Crippen molar-refractivity contribution in [1.82, 2.24) is 14.9 Å². The van der Waals surface area contributed by atoms with Gasteiger partial charge in [-0.2, -0.15) is 0 Å². The number of amides is 2. The van der Waals surface area contributed by atoms with E-state index in [9.17, 15) is 14.4 Å². The molecule has 1 unspecified atom stereocenters. The van der Waals surface area contributed by atoms with Crippen molar-refractivity contribution in [2.75, 3.05) is 18.4 Å². The van der Waals surface area contributed by atoms with Crippen LogP contribution < -0.4 is 27.8 Å². The highest BCUT2D eigenvalue weighted by molar-refractivity contribution is 6.11. The topological polar surface area (TPSA) is 204 Å². The number of benzene rings is 1. The second-order valence-electron chi connectivity index (χ2n) is 9.79. The van der Waals surface area contributed by atoms with Crippen LogP contribution in [0.4, 0.5) is 5.69 Å². The number of rotatable bonds is 14. The van der Waals surface area contributed by atoms with Crippen molar-refractivity contribution in [2.24, 2.45) is 22.2 Å². The first-order chi connectivity index (χ1) is 19.6. The lowest BCUT2D eigenvalue weighted by molar-refractivity contribution is -0.137. The first kappa shape index (κ1) is 30.8. The lowest BCUT2D eigenvalue weighted by atomic mass is 10.0. The number of nitrogens with two attached hydrogens (primary N) is 3. The smallest absolute Gasteiger partial charge is 0.303 e. The minimum absolute atomic E-state index is 0.0150. The van der Waals surface area contributed by atoms with Gasteiger partial charge in [-0.3, -0.25) is 24.4 Å². The van der Waals surface area contributed by atoms with Gasteiger partial charge >= 0.3 is 5.97 Å². The van der Waals surface area contributed by atoms with E-state index < -0.39 is 23.8 Å². The van der Waals surface area contributed by atoms with E-state index in [2.05, 4.69) is 20.6 Å². The Kier molecular flexibility index (Phi) is 11.0. The standard InChI is InChI=1S/C29H38N8O4/c1-18(2)37-25(19-10-4-3-5-11-19)23(21-12-6-7-15-33-21)24(36-27(40)20(30)13-14-22(38)39)26(37)28(41)34-16-8-9-17-35-29(31)32/h3-7,10-12,15,18,20H,8-9,13-14,16-17,30H2,1-2H3,(H,34,41)(H,36,40)(H,38,39)(H4,31,32,35). The zero-order valence-electron chi connectivity index (χ0n) is 23.3. The highest BCUT2D eigenvalue weighted by Gasteiger charge is 2.32. The third-order valence-electron chi connectivity index (χ3n) is 6.32. The fourth-order valence-electron chi connectivity index (χ4n) is 4.45. The molecule has 0 saturated carbocycles. The molecule has 9 N–H and O–H groups in total. The number of anilines is 1. The summed E-state index contributed by atoms with van der Waals surface area (Å²) < 4.78 is 1.88. The number of carbonyl (C=O) groups excluding carboxylic acids is 2. The molecule has 1 aromatic carbocycles. The van der Waals surface area contributed by atoms with E-state index in [-0.39, 0.29) is 36.2 Å². The molecule has 0 spiro atoms. The molecule has 2 aromatic heterocycles. The van der Waals surface area contributed by atoms with Crippen LogP contribution in [0.5, 0.6) is 0 Å². The Hall–Kier alpha value is -4.71. The maximum atomic E-state index is 13.8. The van der Waals surface area contributed by atoms with Crippen molar-refractivity contribution in [1.29, 1.82) is 0 Å². The summed E-state index contributed by atoms with van der Waals surface area (Å²) in [5.74, 6) is -2.04. The zero-order chi connectivity index (χ0) is 29.9. The maximum Gasteiger partial charge on any atom is 0.303 e. The molecule has 1 atom stereocenters. The van der Waals surface area contributed by atoms with E-state index >= 15 is 0 Å². The van der Waals surface area contributed by atoms with Crippen molar-refractivity contribution >= 4 is 29.4 Å². The fourth-order valence-corrected chi connectivity index (χ4v) is 4.45. The monoisotopic (exact) mass is 562 g/mol. The van der Waals surface area contributed by atoms with Crippen LogP contribution in [-0.2, 0) is 9.59 Å². The number of pyridine rings is 1. The molecule has 3 aromatic rings. The van der Waals surface area contributed by atoms with E-state index in [1.807, 2.05) is 54.8 Å². The average molecular weight is 563 g/mol. The quantitative estimate of drug-likeness (QED) is 0.0976. The van der Waals surface area contributed by atoms with Gasteiger partial charge in [0.05, 0.1) is 28.7 Å². The van der Waals surface area contributed by atoms with Crippen LogP contribution >= 0.6 is 0 Å². The van der Waals surface area contributed by atoms with Crippen molar-refractivity contribution in [3.8, 4) is 22.5 Å². The molecule has 0 fully saturated rings. The summed E-state index contributed by atoms with van der Waals surface area (Å²) in [6, 6.07) is 13.7. The number of unbranched alkanes of at least 4 members (excludes halogenated alkanes) is 1. The van der Waals surface area contributed by atoms with Gasteiger partial charge in [0.1, 0.15) is 5.69 Å². The number of nitrogens with one attached hydrogen (secondary N) is 2. The Morgan fingerprint density at radius 3 is 2.37 bits per heavy atom. The second kappa shape index (κ2) is 14.6. The minimum atomic E-state index is -1.10. The number of aliphatic imine (C=N–C) groups is 1. The van der Waals surface area contributed by atoms with Crippen LogP contribution in [0.2, 0.25) is 0 Å². The van der Waals surface area contributed by atoms with E-state index in [1.165, 1.54) is 0 Å². The lowest BCUT2D eigenvalue weighted by Gasteiger charge is -2.18. The number of guanidine groups is 1. The van der Waals surface area contributed by atoms with Gasteiger partial charge in [-0.1, -0.05) is 36.4 Å². The van der Waals surface area contributed by atoms with E-state index in [0.717, 1.165) is 5.56 Å². The minimum Gasteiger partial charge on any atom is -0.481 e. The van der Waals surface area contributed by atoms with E-state index in [1.54, 1.807) is 18.3 Å². The number of carboxylic acid groups (broad SMARTS) is 1. The number of carboxylic acids is 1. The van der Waals surface area contributed by atoms with Crippen LogP contribution in [0.15, 0.2) is 59.7 Å². The molecule has 2 amide bonds. The predicted molar refractivity (Wildman–Crippen MR) is 159 cm³/mol. The molecule has 0 aliphatic carbocycles. The van der Waals surface area contributed by atoms with Crippen molar-refractivity contribution in [3.63, 3.8) is 0 Å². The summed E-state index contributed by atoms with van der Waals surface area (Å²) in [6.45, 7) is 4.70. The number of carbonyl (C=O) groups is 3. The first-order valence-corrected chi connectivity index (χ1v) is 13.5. The molecule has 12 nitrogen and oxygen atoms in total. The highest BCUT2D eigenvalue weighted by atomic mass is 16.4. The molecule has 0 aliphatic rings. The Morgan fingerprint density at radius 1 is 1.05 bits per heavy atom. The highest BCUT2D eigenvalue weighted by Crippen LogP contribution is 2.44. The van der Waals surface area contributed by atoms with Crippen molar-refractivity contribution in [3.05, 3.63) is 60.4 Å². The van der Waals surface area contributed by atoms with Crippen molar-refractivity contribution < 1.29 is 19.5 Å². The van der Waals surface area contributed by atoms with Gasteiger partial charge in [0, 0.05) is 31.7 Å². The summed E-state index contributed by atoms with van der Waals surface area (Å²) in [5.41, 5.74) is 19.9. The molecular weight excluding hydrogens is 524 g/mol. The molecule has 0 aliphatic heterocycles. The number of hydrogen-bond donors (Lipinski definition) is 6. The number of nitrogens with zero attached hydrogens (tertiary/aromatic N) is 3. The Bertz CT molecular complexity index is 1370. The van der Waals surface area contributed by atoms with Gasteiger partial charge in [-0.15, -0.1) is 0 Å². The third kappa shape index (κ3) is 8.15. The van der Waals surface area contributed by atoms with E-state index in [4.69, 9.17) is 22.3 Å². The summed E-state index contributed by atoms with van der Waals surface area (Å²) in [5, 5.41) is 14.9. The predicted octanol–water partition coefficient (Wildman–Crippen LogP) is 2.71. The third-order valence-corrected chi connectivity index (χ3v) is 6.32. The van der Waals surface area contributed by atoms with Gasteiger partial charge in [0.2, 0.25) is 5.91 Å². The SMILES string of the molecule is CC(C)n1c(C(=O)NCCCCN=C(N)N)c(NC(=O)C(N)CCC(=O)O)c(-c2ccccn2)c1-c1ccccc1. The number of aromatic nitrogens is 2.